The van der Waals surface area contributed by atoms with Gasteiger partial charge in [-0.3, -0.25) is 0 Å². The van der Waals surface area contributed by atoms with Gasteiger partial charge in [0.05, 0.1) is 0 Å². The molecule has 88 valence electrons. The van der Waals surface area contributed by atoms with E-state index in [4.69, 9.17) is 46.4 Å². The molecule has 1 aromatic heterocycles. The first-order chi connectivity index (χ1) is 8.06. The van der Waals surface area contributed by atoms with Crippen molar-refractivity contribution in [3.8, 4) is 0 Å². The number of hydrogen-bond donors (Lipinski definition) is 0. The van der Waals surface area contributed by atoms with Crippen LogP contribution in [0.2, 0.25) is 20.4 Å². The van der Waals surface area contributed by atoms with Crippen molar-refractivity contribution in [1.82, 2.24) is 9.97 Å². The summed E-state index contributed by atoms with van der Waals surface area (Å²) in [4.78, 5) is 7.77. The molecule has 1 heterocycles. The lowest BCUT2D eigenvalue weighted by molar-refractivity contribution is 1.07. The molecule has 17 heavy (non-hydrogen) atoms. The fraction of sp³-hybridized carbons (Fsp3) is 0.0909. The first-order valence-electron chi connectivity index (χ1n) is 4.66. The predicted octanol–water partition coefficient (Wildman–Crippen LogP) is 4.68. The van der Waals surface area contributed by atoms with E-state index >= 15 is 0 Å². The van der Waals surface area contributed by atoms with Gasteiger partial charge in [0.2, 0.25) is 0 Å². The molecule has 0 fully saturated rings. The van der Waals surface area contributed by atoms with Gasteiger partial charge in [0, 0.05) is 22.0 Å². The summed E-state index contributed by atoms with van der Waals surface area (Å²) >= 11 is 23.7. The maximum Gasteiger partial charge on any atom is 0.137 e. The van der Waals surface area contributed by atoms with Gasteiger partial charge in [0.25, 0.3) is 0 Å². The summed E-state index contributed by atoms with van der Waals surface area (Å²) in [6, 6.07) is 5.26. The van der Waals surface area contributed by atoms with E-state index in [-0.39, 0.29) is 0 Å². The first kappa shape index (κ1) is 12.9. The Morgan fingerprint density at radius 2 is 1.35 bits per heavy atom. The largest absolute Gasteiger partial charge is 0.224 e. The van der Waals surface area contributed by atoms with Gasteiger partial charge in [-0.15, -0.1) is 0 Å². The Balaban J connectivity index is 2.38. The Kier molecular flexibility index (Phi) is 4.10. The van der Waals surface area contributed by atoms with E-state index in [9.17, 15) is 0 Å². The molecule has 0 bridgehead atoms. The van der Waals surface area contributed by atoms with Crippen LogP contribution >= 0.6 is 46.4 Å². The zero-order chi connectivity index (χ0) is 12.4. The van der Waals surface area contributed by atoms with Crippen LogP contribution in [-0.4, -0.2) is 9.97 Å². The van der Waals surface area contributed by atoms with Crippen LogP contribution in [0.15, 0.2) is 24.5 Å². The molecule has 2 rings (SSSR count). The Labute approximate surface area is 119 Å². The summed E-state index contributed by atoms with van der Waals surface area (Å²) in [5, 5.41) is 1.80. The minimum Gasteiger partial charge on any atom is -0.224 e. The lowest BCUT2D eigenvalue weighted by Gasteiger charge is -2.06. The minimum absolute atomic E-state index is 0.334. The highest BCUT2D eigenvalue weighted by Crippen LogP contribution is 2.26. The quantitative estimate of drug-likeness (QED) is 0.753. The van der Waals surface area contributed by atoms with Crippen molar-refractivity contribution in [3.63, 3.8) is 0 Å². The second-order valence-corrected chi connectivity index (χ2v) is 4.98. The van der Waals surface area contributed by atoms with Crippen LogP contribution in [0.1, 0.15) is 11.1 Å². The Bertz CT molecular complexity index is 517. The van der Waals surface area contributed by atoms with E-state index < -0.39 is 0 Å². The lowest BCUT2D eigenvalue weighted by atomic mass is 10.1. The maximum atomic E-state index is 5.96. The van der Waals surface area contributed by atoms with Crippen molar-refractivity contribution < 1.29 is 0 Å². The number of nitrogens with zero attached hydrogens (tertiary/aromatic N) is 2. The molecule has 0 aliphatic rings. The lowest BCUT2D eigenvalue weighted by Crippen LogP contribution is -1.95. The molecule has 0 aliphatic heterocycles. The minimum atomic E-state index is 0.334. The van der Waals surface area contributed by atoms with Crippen LogP contribution < -0.4 is 0 Å². The summed E-state index contributed by atoms with van der Waals surface area (Å²) in [7, 11) is 0. The topological polar surface area (TPSA) is 25.8 Å². The SMILES string of the molecule is Clc1cc(Cl)cc(Cc2c(Cl)ncnc2Cl)c1. The smallest absolute Gasteiger partial charge is 0.137 e. The van der Waals surface area contributed by atoms with E-state index in [1.54, 1.807) is 18.2 Å². The first-order valence-corrected chi connectivity index (χ1v) is 6.17. The van der Waals surface area contributed by atoms with Gasteiger partial charge in [-0.1, -0.05) is 46.4 Å². The molecule has 0 saturated heterocycles. The molecule has 0 atom stereocenters. The van der Waals surface area contributed by atoms with E-state index in [0.29, 0.717) is 32.3 Å². The molecule has 0 aliphatic carbocycles. The molecule has 0 saturated carbocycles. The summed E-state index contributed by atoms with van der Waals surface area (Å²) in [5.74, 6) is 0. The zero-order valence-corrected chi connectivity index (χ0v) is 11.4. The van der Waals surface area contributed by atoms with E-state index in [1.807, 2.05) is 0 Å². The Hall–Kier alpha value is -0.540. The van der Waals surface area contributed by atoms with Gasteiger partial charge in [0.1, 0.15) is 16.6 Å². The number of halogens is 4. The predicted molar refractivity (Wildman–Crippen MR) is 71.3 cm³/mol. The normalized spacial score (nSPS) is 10.6. The summed E-state index contributed by atoms with van der Waals surface area (Å²) < 4.78 is 0. The highest BCUT2D eigenvalue weighted by atomic mass is 35.5. The summed E-state index contributed by atoms with van der Waals surface area (Å²) in [5.41, 5.74) is 1.57. The molecule has 0 spiro atoms. The number of benzene rings is 1. The van der Waals surface area contributed by atoms with Crippen LogP contribution in [0.4, 0.5) is 0 Å². The summed E-state index contributed by atoms with van der Waals surface area (Å²) in [6.07, 6.45) is 1.80. The van der Waals surface area contributed by atoms with Crippen molar-refractivity contribution in [2.45, 2.75) is 6.42 Å². The molecule has 0 radical (unpaired) electrons. The van der Waals surface area contributed by atoms with Gasteiger partial charge in [-0.25, -0.2) is 9.97 Å². The molecule has 6 heteroatoms. The Morgan fingerprint density at radius 1 is 0.824 bits per heavy atom. The van der Waals surface area contributed by atoms with Gasteiger partial charge in [-0.2, -0.15) is 0 Å². The molecule has 1 aromatic carbocycles. The average molecular weight is 308 g/mol. The van der Waals surface area contributed by atoms with Gasteiger partial charge < -0.3 is 0 Å². The van der Waals surface area contributed by atoms with E-state index in [1.165, 1.54) is 6.33 Å². The number of aromatic nitrogens is 2. The van der Waals surface area contributed by atoms with Crippen molar-refractivity contribution in [2.24, 2.45) is 0 Å². The number of hydrogen-bond acceptors (Lipinski definition) is 2. The molecule has 0 amide bonds. The third kappa shape index (κ3) is 3.23. The fourth-order valence-electron chi connectivity index (χ4n) is 1.43. The van der Waals surface area contributed by atoms with Crippen LogP contribution in [0.3, 0.4) is 0 Å². The summed E-state index contributed by atoms with van der Waals surface area (Å²) in [6.45, 7) is 0. The van der Waals surface area contributed by atoms with Crippen LogP contribution in [0.5, 0.6) is 0 Å². The molecule has 0 unspecified atom stereocenters. The molecule has 2 aromatic rings. The third-order valence-electron chi connectivity index (χ3n) is 2.14. The second-order valence-electron chi connectivity index (χ2n) is 3.39. The molecular weight excluding hydrogens is 302 g/mol. The maximum absolute atomic E-state index is 5.96. The average Bonchev–Trinajstić information content (AvgIpc) is 2.22. The van der Waals surface area contributed by atoms with Crippen molar-refractivity contribution in [3.05, 3.63) is 56.0 Å². The van der Waals surface area contributed by atoms with Crippen molar-refractivity contribution >= 4 is 46.4 Å². The van der Waals surface area contributed by atoms with Crippen molar-refractivity contribution in [1.29, 1.82) is 0 Å². The fourth-order valence-corrected chi connectivity index (χ4v) is 2.45. The van der Waals surface area contributed by atoms with E-state index in [0.717, 1.165) is 5.56 Å². The van der Waals surface area contributed by atoms with Crippen LogP contribution in [0, 0.1) is 0 Å². The molecule has 0 N–H and O–H groups in total. The Morgan fingerprint density at radius 3 is 1.88 bits per heavy atom. The second kappa shape index (κ2) is 5.40. The van der Waals surface area contributed by atoms with Crippen LogP contribution in [-0.2, 0) is 6.42 Å². The highest BCUT2D eigenvalue weighted by Gasteiger charge is 2.09. The van der Waals surface area contributed by atoms with Gasteiger partial charge >= 0.3 is 0 Å². The van der Waals surface area contributed by atoms with E-state index in [2.05, 4.69) is 9.97 Å². The number of rotatable bonds is 2. The zero-order valence-electron chi connectivity index (χ0n) is 8.42. The molecule has 2 nitrogen and oxygen atoms in total. The van der Waals surface area contributed by atoms with Gasteiger partial charge in [0.15, 0.2) is 0 Å². The monoisotopic (exact) mass is 306 g/mol. The molecular formula is C11H6Cl4N2. The standard InChI is InChI=1S/C11H6Cl4N2/c12-7-1-6(2-8(13)4-7)3-9-10(14)16-5-17-11(9)15/h1-2,4-5H,3H2. The van der Waals surface area contributed by atoms with Gasteiger partial charge in [-0.05, 0) is 23.8 Å². The van der Waals surface area contributed by atoms with Crippen LogP contribution in [0.25, 0.3) is 0 Å². The third-order valence-corrected chi connectivity index (χ3v) is 3.23. The van der Waals surface area contributed by atoms with Crippen molar-refractivity contribution in [2.75, 3.05) is 0 Å². The highest BCUT2D eigenvalue weighted by molar-refractivity contribution is 6.35.